The molecule has 1 saturated heterocycles. The van der Waals surface area contributed by atoms with Gasteiger partial charge in [-0.05, 0) is 49.0 Å². The van der Waals surface area contributed by atoms with E-state index in [2.05, 4.69) is 21.2 Å². The van der Waals surface area contributed by atoms with Gasteiger partial charge in [-0.1, -0.05) is 46.3 Å². The Bertz CT molecular complexity index is 835. The van der Waals surface area contributed by atoms with Crippen LogP contribution in [0, 0.1) is 0 Å². The van der Waals surface area contributed by atoms with Crippen molar-refractivity contribution in [2.45, 2.75) is 6.92 Å². The summed E-state index contributed by atoms with van der Waals surface area (Å²) in [5.41, 5.74) is 1.96. The van der Waals surface area contributed by atoms with E-state index in [0.29, 0.717) is 28.9 Å². The van der Waals surface area contributed by atoms with Crippen LogP contribution in [0.4, 0.5) is 5.69 Å². The van der Waals surface area contributed by atoms with Crippen molar-refractivity contribution in [3.05, 3.63) is 64.3 Å². The van der Waals surface area contributed by atoms with Gasteiger partial charge in [0.1, 0.15) is 11.4 Å². The van der Waals surface area contributed by atoms with Crippen LogP contribution in [0.3, 0.4) is 0 Å². The van der Waals surface area contributed by atoms with Gasteiger partial charge in [-0.15, -0.1) is 0 Å². The maximum atomic E-state index is 12.8. The van der Waals surface area contributed by atoms with E-state index in [1.807, 2.05) is 55.5 Å². The zero-order valence-electron chi connectivity index (χ0n) is 13.0. The predicted molar refractivity (Wildman–Crippen MR) is 103 cm³/mol. The van der Waals surface area contributed by atoms with Gasteiger partial charge in [0.2, 0.25) is 0 Å². The molecule has 6 heteroatoms. The van der Waals surface area contributed by atoms with E-state index in [1.165, 1.54) is 4.90 Å². The van der Waals surface area contributed by atoms with Gasteiger partial charge < -0.3 is 10.1 Å². The average Bonchev–Trinajstić information content (AvgIpc) is 2.85. The van der Waals surface area contributed by atoms with Crippen molar-refractivity contribution in [1.82, 2.24) is 5.32 Å². The summed E-state index contributed by atoms with van der Waals surface area (Å²) in [4.78, 5) is 14.3. The van der Waals surface area contributed by atoms with Gasteiger partial charge in [0, 0.05) is 4.47 Å². The molecule has 2 aromatic carbocycles. The molecule has 4 nitrogen and oxygen atoms in total. The fraction of sp³-hybridized carbons (Fsp3) is 0.111. The molecular weight excluding hydrogens is 388 g/mol. The average molecular weight is 403 g/mol. The number of para-hydroxylation sites is 2. The summed E-state index contributed by atoms with van der Waals surface area (Å²) in [5, 5.41) is 3.33. The van der Waals surface area contributed by atoms with Crippen LogP contribution >= 0.6 is 28.1 Å². The molecule has 0 bridgehead atoms. The lowest BCUT2D eigenvalue weighted by molar-refractivity contribution is -0.113. The summed E-state index contributed by atoms with van der Waals surface area (Å²) >= 11 is 8.84. The number of thiocarbonyl (C=S) groups is 1. The first-order valence-electron chi connectivity index (χ1n) is 7.45. The molecule has 1 aliphatic rings. The molecule has 24 heavy (non-hydrogen) atoms. The summed E-state index contributed by atoms with van der Waals surface area (Å²) in [7, 11) is 0. The molecule has 2 aromatic rings. The SMILES string of the molecule is CCOc1ccccc1N1C(=O)/C(=C\c2ccccc2Br)NC1=S. The van der Waals surface area contributed by atoms with Crippen LogP contribution in [-0.4, -0.2) is 17.6 Å². The van der Waals surface area contributed by atoms with E-state index in [4.69, 9.17) is 17.0 Å². The Morgan fingerprint density at radius 2 is 1.92 bits per heavy atom. The molecule has 1 fully saturated rings. The zero-order valence-corrected chi connectivity index (χ0v) is 15.4. The van der Waals surface area contributed by atoms with Crippen LogP contribution in [0.2, 0.25) is 0 Å². The highest BCUT2D eigenvalue weighted by Gasteiger charge is 2.33. The Morgan fingerprint density at radius 3 is 2.67 bits per heavy atom. The van der Waals surface area contributed by atoms with Crippen LogP contribution in [-0.2, 0) is 4.79 Å². The van der Waals surface area contributed by atoms with E-state index in [9.17, 15) is 4.79 Å². The largest absolute Gasteiger partial charge is 0.492 e. The molecule has 0 spiro atoms. The van der Waals surface area contributed by atoms with Crippen molar-refractivity contribution in [1.29, 1.82) is 0 Å². The highest BCUT2D eigenvalue weighted by Crippen LogP contribution is 2.32. The van der Waals surface area contributed by atoms with Gasteiger partial charge in [0.25, 0.3) is 5.91 Å². The van der Waals surface area contributed by atoms with Crippen molar-refractivity contribution < 1.29 is 9.53 Å². The zero-order chi connectivity index (χ0) is 17.1. The fourth-order valence-corrected chi connectivity index (χ4v) is 3.11. The number of halogens is 1. The Morgan fingerprint density at radius 1 is 1.21 bits per heavy atom. The van der Waals surface area contributed by atoms with Gasteiger partial charge in [0.15, 0.2) is 5.11 Å². The smallest absolute Gasteiger partial charge is 0.281 e. The number of benzene rings is 2. The third-order valence-electron chi connectivity index (χ3n) is 3.49. The summed E-state index contributed by atoms with van der Waals surface area (Å²) in [6, 6.07) is 15.0. The second-order valence-corrected chi connectivity index (χ2v) is 6.29. The molecular formula is C18H15BrN2O2S. The van der Waals surface area contributed by atoms with Crippen LogP contribution in [0.15, 0.2) is 58.7 Å². The molecule has 1 N–H and O–H groups in total. The Hall–Kier alpha value is -2.18. The van der Waals surface area contributed by atoms with Crippen LogP contribution in [0.1, 0.15) is 12.5 Å². The molecule has 1 heterocycles. The second kappa shape index (κ2) is 7.15. The van der Waals surface area contributed by atoms with Crippen LogP contribution in [0.5, 0.6) is 5.75 Å². The number of ether oxygens (including phenoxy) is 1. The maximum Gasteiger partial charge on any atom is 0.281 e. The van der Waals surface area contributed by atoms with Gasteiger partial charge >= 0.3 is 0 Å². The normalized spacial score (nSPS) is 15.8. The van der Waals surface area contributed by atoms with E-state index in [1.54, 1.807) is 6.08 Å². The maximum absolute atomic E-state index is 12.8. The Kier molecular flexibility index (Phi) is 4.97. The molecule has 0 aromatic heterocycles. The molecule has 3 rings (SSSR count). The first kappa shape index (κ1) is 16.7. The molecule has 0 aliphatic carbocycles. The number of hydrogen-bond acceptors (Lipinski definition) is 3. The number of amides is 1. The summed E-state index contributed by atoms with van der Waals surface area (Å²) in [6.07, 6.45) is 1.78. The minimum absolute atomic E-state index is 0.206. The number of hydrogen-bond donors (Lipinski definition) is 1. The third kappa shape index (κ3) is 3.20. The van der Waals surface area contributed by atoms with Crippen molar-refractivity contribution in [2.75, 3.05) is 11.5 Å². The molecule has 0 atom stereocenters. The van der Waals surface area contributed by atoms with Gasteiger partial charge in [0.05, 0.1) is 12.3 Å². The first-order chi connectivity index (χ1) is 11.6. The predicted octanol–water partition coefficient (Wildman–Crippen LogP) is 4.11. The quantitative estimate of drug-likeness (QED) is 0.616. The Balaban J connectivity index is 1.97. The summed E-state index contributed by atoms with van der Waals surface area (Å²) in [6.45, 7) is 2.41. The van der Waals surface area contributed by atoms with Gasteiger partial charge in [-0.3, -0.25) is 4.79 Å². The fourth-order valence-electron chi connectivity index (χ4n) is 2.42. The lowest BCUT2D eigenvalue weighted by atomic mass is 10.2. The highest BCUT2D eigenvalue weighted by atomic mass is 79.9. The second-order valence-electron chi connectivity index (χ2n) is 5.05. The lowest BCUT2D eigenvalue weighted by Crippen LogP contribution is -2.30. The number of rotatable bonds is 4. The van der Waals surface area contributed by atoms with Gasteiger partial charge in [-0.25, -0.2) is 4.90 Å². The summed E-state index contributed by atoms with van der Waals surface area (Å²) in [5.74, 6) is 0.419. The van der Waals surface area contributed by atoms with E-state index in [0.717, 1.165) is 10.0 Å². The van der Waals surface area contributed by atoms with Crippen molar-refractivity contribution >= 4 is 50.9 Å². The monoisotopic (exact) mass is 402 g/mol. The van der Waals surface area contributed by atoms with E-state index in [-0.39, 0.29) is 5.91 Å². The summed E-state index contributed by atoms with van der Waals surface area (Å²) < 4.78 is 6.52. The first-order valence-corrected chi connectivity index (χ1v) is 8.65. The number of carbonyl (C=O) groups is 1. The number of nitrogens with one attached hydrogen (secondary N) is 1. The van der Waals surface area contributed by atoms with Crippen molar-refractivity contribution in [2.24, 2.45) is 0 Å². The highest BCUT2D eigenvalue weighted by molar-refractivity contribution is 9.10. The lowest BCUT2D eigenvalue weighted by Gasteiger charge is -2.17. The molecule has 0 radical (unpaired) electrons. The topological polar surface area (TPSA) is 41.6 Å². The number of anilines is 1. The van der Waals surface area contributed by atoms with E-state index >= 15 is 0 Å². The van der Waals surface area contributed by atoms with Crippen LogP contribution < -0.4 is 15.0 Å². The molecule has 0 saturated carbocycles. The molecule has 0 unspecified atom stereocenters. The number of nitrogens with zero attached hydrogens (tertiary/aromatic N) is 1. The molecule has 1 amide bonds. The van der Waals surface area contributed by atoms with Crippen LogP contribution in [0.25, 0.3) is 6.08 Å². The standard InChI is InChI=1S/C18H15BrN2O2S/c1-2-23-16-10-6-5-9-15(16)21-17(22)14(20-18(21)24)11-12-7-3-4-8-13(12)19/h3-11H,2H2,1H3,(H,20,24)/b14-11+. The minimum atomic E-state index is -0.206. The van der Waals surface area contributed by atoms with Crippen molar-refractivity contribution in [3.63, 3.8) is 0 Å². The van der Waals surface area contributed by atoms with E-state index < -0.39 is 0 Å². The molecule has 122 valence electrons. The third-order valence-corrected chi connectivity index (χ3v) is 4.50. The number of carbonyl (C=O) groups excluding carboxylic acids is 1. The van der Waals surface area contributed by atoms with Gasteiger partial charge in [-0.2, -0.15) is 0 Å². The minimum Gasteiger partial charge on any atom is -0.492 e. The molecule has 1 aliphatic heterocycles. The van der Waals surface area contributed by atoms with Crippen molar-refractivity contribution in [3.8, 4) is 5.75 Å². The Labute approximate surface area is 154 Å².